The van der Waals surface area contributed by atoms with Crippen molar-refractivity contribution >= 4 is 18.1 Å². The highest BCUT2D eigenvalue weighted by Crippen LogP contribution is 2.15. The van der Waals surface area contributed by atoms with Crippen LogP contribution in [0.15, 0.2) is 21.3 Å². The Kier molecular flexibility index (Phi) is 5.55. The average Bonchev–Trinajstić information content (AvgIpc) is 2.34. The number of aliphatic carboxylic acids is 1. The summed E-state index contributed by atoms with van der Waals surface area (Å²) in [7, 11) is 0. The molecule has 1 aromatic heterocycles. The smallest absolute Gasteiger partial charge is 0.336 e. The van der Waals surface area contributed by atoms with Crippen LogP contribution in [0.2, 0.25) is 0 Å². The highest BCUT2D eigenvalue weighted by atomic mass is 16.4. The minimum atomic E-state index is -0.815. The van der Waals surface area contributed by atoms with Crippen molar-refractivity contribution in [2.24, 2.45) is 11.8 Å². The molecule has 0 saturated heterocycles. The van der Waals surface area contributed by atoms with Crippen LogP contribution < -0.4 is 16.3 Å². The zero-order chi connectivity index (χ0) is 14.4. The van der Waals surface area contributed by atoms with Crippen LogP contribution in [0.3, 0.4) is 0 Å². The largest absolute Gasteiger partial charge is 0.481 e. The molecule has 0 amide bonds. The molecule has 1 rings (SSSR count). The van der Waals surface area contributed by atoms with E-state index in [0.717, 1.165) is 5.22 Å². The molecule has 0 saturated carbocycles. The second-order valence-electron chi connectivity index (χ2n) is 4.97. The maximum atomic E-state index is 11.2. The summed E-state index contributed by atoms with van der Waals surface area (Å²) < 4.78 is 5.10. The molecule has 0 spiro atoms. The van der Waals surface area contributed by atoms with Gasteiger partial charge in [-0.2, -0.15) is 0 Å². The second kappa shape index (κ2) is 6.92. The number of hydrogen-bond acceptors (Lipinski definition) is 3. The van der Waals surface area contributed by atoms with Gasteiger partial charge in [0.25, 0.3) is 0 Å². The van der Waals surface area contributed by atoms with Gasteiger partial charge in [0.05, 0.1) is 5.92 Å². The minimum Gasteiger partial charge on any atom is -0.481 e. The fraction of sp³-hybridized carbons (Fsp3) is 0.467. The van der Waals surface area contributed by atoms with Gasteiger partial charge in [-0.1, -0.05) is 19.9 Å². The van der Waals surface area contributed by atoms with Gasteiger partial charge in [0.2, 0.25) is 0 Å². The molecule has 1 atom stereocenters. The van der Waals surface area contributed by atoms with Crippen molar-refractivity contribution < 1.29 is 14.3 Å². The van der Waals surface area contributed by atoms with E-state index in [9.17, 15) is 9.59 Å². The summed E-state index contributed by atoms with van der Waals surface area (Å²) in [6, 6.07) is 3.03. The standard InChI is InChI=1S/C15H20O4/c1-4-11-6-8-14(16)19-13(11)7-5-12(15(17)18)9-10(2)3/h4,6-8,10,12H,5,9H2,1-3H3,(H,17,18)/b11-4-,13-7+. The molecule has 1 heterocycles. The molecular weight excluding hydrogens is 244 g/mol. The van der Waals surface area contributed by atoms with Gasteiger partial charge in [-0.15, -0.1) is 0 Å². The van der Waals surface area contributed by atoms with Gasteiger partial charge >= 0.3 is 11.6 Å². The summed E-state index contributed by atoms with van der Waals surface area (Å²) >= 11 is 0. The molecule has 1 N–H and O–H groups in total. The molecule has 0 bridgehead atoms. The van der Waals surface area contributed by atoms with Crippen LogP contribution in [0.25, 0.3) is 12.2 Å². The lowest BCUT2D eigenvalue weighted by atomic mass is 9.94. The average molecular weight is 264 g/mol. The van der Waals surface area contributed by atoms with Crippen molar-refractivity contribution in [2.75, 3.05) is 0 Å². The Labute approximate surface area is 112 Å². The van der Waals surface area contributed by atoms with Crippen LogP contribution in [0.1, 0.15) is 33.6 Å². The predicted octanol–water partition coefficient (Wildman–Crippen LogP) is 1.36. The molecule has 104 valence electrons. The first-order chi connectivity index (χ1) is 8.93. The van der Waals surface area contributed by atoms with Crippen LogP contribution in [0.4, 0.5) is 0 Å². The van der Waals surface area contributed by atoms with Crippen molar-refractivity contribution in [1.82, 2.24) is 0 Å². The summed E-state index contributed by atoms with van der Waals surface area (Å²) in [5.74, 6) is -0.949. The third-order valence-electron chi connectivity index (χ3n) is 2.90. The second-order valence-corrected chi connectivity index (χ2v) is 4.97. The van der Waals surface area contributed by atoms with Crippen LogP contribution in [-0.4, -0.2) is 11.1 Å². The predicted molar refractivity (Wildman–Crippen MR) is 74.0 cm³/mol. The zero-order valence-electron chi connectivity index (χ0n) is 11.6. The number of carboxylic acid groups (broad SMARTS) is 1. The van der Waals surface area contributed by atoms with Crippen LogP contribution >= 0.6 is 0 Å². The lowest BCUT2D eigenvalue weighted by Gasteiger charge is -2.11. The van der Waals surface area contributed by atoms with Gasteiger partial charge in [-0.25, -0.2) is 4.79 Å². The monoisotopic (exact) mass is 264 g/mol. The van der Waals surface area contributed by atoms with Crippen LogP contribution in [0, 0.1) is 11.8 Å². The third kappa shape index (κ3) is 4.73. The number of carbonyl (C=O) groups is 1. The van der Waals surface area contributed by atoms with Gasteiger partial charge < -0.3 is 9.52 Å². The topological polar surface area (TPSA) is 67.5 Å². The van der Waals surface area contributed by atoms with Crippen LogP contribution in [0.5, 0.6) is 0 Å². The van der Waals surface area contributed by atoms with E-state index in [1.807, 2.05) is 26.8 Å². The fourth-order valence-electron chi connectivity index (χ4n) is 1.96. The Balaban J connectivity index is 3.06. The van der Waals surface area contributed by atoms with Gasteiger partial charge in [0.1, 0.15) is 5.42 Å². The van der Waals surface area contributed by atoms with E-state index in [1.165, 1.54) is 6.07 Å². The number of rotatable bonds is 5. The molecule has 4 nitrogen and oxygen atoms in total. The Bertz CT molecular complexity index is 595. The Morgan fingerprint density at radius 2 is 2.11 bits per heavy atom. The minimum absolute atomic E-state index is 0.314. The Morgan fingerprint density at radius 3 is 2.63 bits per heavy atom. The SMILES string of the molecule is C/C=c1/ccc(=O)o/c1=C/CC(CC(C)C)C(=O)O. The molecule has 1 unspecified atom stereocenters. The first-order valence-corrected chi connectivity index (χ1v) is 6.43. The van der Waals surface area contributed by atoms with Crippen molar-refractivity contribution in [1.29, 1.82) is 0 Å². The van der Waals surface area contributed by atoms with Crippen molar-refractivity contribution in [2.45, 2.75) is 33.6 Å². The van der Waals surface area contributed by atoms with E-state index >= 15 is 0 Å². The highest BCUT2D eigenvalue weighted by molar-refractivity contribution is 5.70. The van der Waals surface area contributed by atoms with Gasteiger partial charge in [-0.05, 0) is 37.8 Å². The summed E-state index contributed by atoms with van der Waals surface area (Å²) in [5, 5.41) is 9.96. The first-order valence-electron chi connectivity index (χ1n) is 6.43. The molecule has 0 radical (unpaired) electrons. The lowest BCUT2D eigenvalue weighted by molar-refractivity contribution is -0.142. The normalized spacial score (nSPS) is 14.9. The van der Waals surface area contributed by atoms with Gasteiger partial charge in [-0.3, -0.25) is 4.79 Å². The van der Waals surface area contributed by atoms with E-state index < -0.39 is 17.5 Å². The molecule has 0 aromatic carbocycles. The number of hydrogen-bond donors (Lipinski definition) is 1. The highest BCUT2D eigenvalue weighted by Gasteiger charge is 2.17. The fourth-order valence-corrected chi connectivity index (χ4v) is 1.96. The van der Waals surface area contributed by atoms with E-state index in [1.54, 1.807) is 12.1 Å². The first kappa shape index (κ1) is 15.2. The third-order valence-corrected chi connectivity index (χ3v) is 2.90. The molecule has 0 fully saturated rings. The molecule has 1 aromatic rings. The Hall–Kier alpha value is -1.84. The van der Waals surface area contributed by atoms with E-state index in [0.29, 0.717) is 24.2 Å². The molecule has 4 heteroatoms. The summed E-state index contributed by atoms with van der Waals surface area (Å²) in [5.41, 5.74) is 0.0255. The summed E-state index contributed by atoms with van der Waals surface area (Å²) in [4.78, 5) is 22.4. The molecule has 0 aliphatic rings. The van der Waals surface area contributed by atoms with E-state index in [2.05, 4.69) is 0 Å². The van der Waals surface area contributed by atoms with Gasteiger partial charge in [0.15, 0.2) is 0 Å². The Morgan fingerprint density at radius 1 is 1.42 bits per heavy atom. The van der Waals surface area contributed by atoms with Crippen molar-refractivity contribution in [3.05, 3.63) is 33.2 Å². The van der Waals surface area contributed by atoms with E-state index in [4.69, 9.17) is 9.52 Å². The molecule has 0 aliphatic carbocycles. The van der Waals surface area contributed by atoms with E-state index in [-0.39, 0.29) is 0 Å². The molecule has 19 heavy (non-hydrogen) atoms. The number of carboxylic acids is 1. The molecular formula is C15H20O4. The van der Waals surface area contributed by atoms with Crippen molar-refractivity contribution in [3.8, 4) is 0 Å². The van der Waals surface area contributed by atoms with Crippen LogP contribution in [-0.2, 0) is 4.79 Å². The summed E-state index contributed by atoms with van der Waals surface area (Å²) in [6.07, 6.45) is 4.49. The van der Waals surface area contributed by atoms with Crippen molar-refractivity contribution in [3.63, 3.8) is 0 Å². The zero-order valence-corrected chi connectivity index (χ0v) is 11.6. The maximum Gasteiger partial charge on any atom is 0.336 e. The summed E-state index contributed by atoms with van der Waals surface area (Å²) in [6.45, 7) is 5.82. The molecule has 0 aliphatic heterocycles. The maximum absolute atomic E-state index is 11.2. The van der Waals surface area contributed by atoms with Gasteiger partial charge in [0, 0.05) is 11.3 Å². The lowest BCUT2D eigenvalue weighted by Crippen LogP contribution is -2.28. The quantitative estimate of drug-likeness (QED) is 0.872.